The summed E-state index contributed by atoms with van der Waals surface area (Å²) in [6.45, 7) is 4.55. The fourth-order valence-corrected chi connectivity index (χ4v) is 3.23. The average Bonchev–Trinajstić information content (AvgIpc) is 2.55. The van der Waals surface area contributed by atoms with Crippen molar-refractivity contribution in [1.82, 2.24) is 4.98 Å². The smallest absolute Gasteiger partial charge is 0.0711 e. The lowest BCUT2D eigenvalue weighted by Gasteiger charge is -2.18. The molecule has 1 heterocycles. The zero-order valence-corrected chi connectivity index (χ0v) is 13.0. The molecule has 3 rings (SSSR count). The Bertz CT molecular complexity index is 745. The molecule has 1 nitrogen and oxygen atoms in total. The maximum atomic E-state index is 5.03. The summed E-state index contributed by atoms with van der Waals surface area (Å²) in [5.41, 5.74) is 2.42. The summed E-state index contributed by atoms with van der Waals surface area (Å²) in [7, 11) is 0. The van der Waals surface area contributed by atoms with E-state index in [1.165, 1.54) is 41.1 Å². The minimum Gasteiger partial charge on any atom is -0.252 e. The number of rotatable bonds is 5. The predicted octanol–water partition coefficient (Wildman–Crippen LogP) is 6.07. The summed E-state index contributed by atoms with van der Waals surface area (Å²) in [5, 5.41) is 3.94. The molecule has 0 unspecified atom stereocenters. The number of nitrogens with zero attached hydrogens (tertiary/aromatic N) is 1. The molecule has 1 heteroatoms. The van der Waals surface area contributed by atoms with Crippen molar-refractivity contribution >= 4 is 21.7 Å². The van der Waals surface area contributed by atoms with Gasteiger partial charge in [0.15, 0.2) is 0 Å². The van der Waals surface area contributed by atoms with E-state index in [9.17, 15) is 0 Å². The molecule has 0 aliphatic carbocycles. The zero-order valence-electron chi connectivity index (χ0n) is 13.0. The Morgan fingerprint density at radius 1 is 0.857 bits per heavy atom. The van der Waals surface area contributed by atoms with Crippen molar-refractivity contribution in [3.63, 3.8) is 0 Å². The molecule has 0 saturated carbocycles. The van der Waals surface area contributed by atoms with Crippen LogP contribution in [0.1, 0.15) is 51.1 Å². The molecule has 0 amide bonds. The van der Waals surface area contributed by atoms with Crippen molar-refractivity contribution in [3.8, 4) is 0 Å². The minimum atomic E-state index is 0.569. The van der Waals surface area contributed by atoms with Gasteiger partial charge in [0.05, 0.1) is 11.2 Å². The van der Waals surface area contributed by atoms with Gasteiger partial charge in [-0.1, -0.05) is 69.2 Å². The van der Waals surface area contributed by atoms with Crippen LogP contribution in [0.25, 0.3) is 21.7 Å². The fourth-order valence-electron chi connectivity index (χ4n) is 3.23. The molecule has 0 aliphatic rings. The first kappa shape index (κ1) is 14.1. The molecule has 108 valence electrons. The molecule has 2 aromatic carbocycles. The van der Waals surface area contributed by atoms with E-state index in [0.717, 1.165) is 11.9 Å². The molecule has 1 aromatic heterocycles. The summed E-state index contributed by atoms with van der Waals surface area (Å²) >= 11 is 0. The van der Waals surface area contributed by atoms with Gasteiger partial charge < -0.3 is 0 Å². The van der Waals surface area contributed by atoms with Crippen LogP contribution in [-0.2, 0) is 0 Å². The van der Waals surface area contributed by atoms with Crippen LogP contribution in [0, 0.1) is 0 Å². The summed E-state index contributed by atoms with van der Waals surface area (Å²) in [5.74, 6) is 0.569. The first-order valence-electron chi connectivity index (χ1n) is 8.12. The van der Waals surface area contributed by atoms with Gasteiger partial charge in [0.1, 0.15) is 0 Å². The van der Waals surface area contributed by atoms with E-state index in [0.29, 0.717) is 5.92 Å². The highest BCUT2D eigenvalue weighted by atomic mass is 14.7. The second kappa shape index (κ2) is 6.26. The van der Waals surface area contributed by atoms with Crippen molar-refractivity contribution in [2.24, 2.45) is 0 Å². The maximum absolute atomic E-state index is 5.03. The first-order valence-corrected chi connectivity index (χ1v) is 8.12. The zero-order chi connectivity index (χ0) is 14.7. The first-order chi connectivity index (χ1) is 10.3. The van der Waals surface area contributed by atoms with Gasteiger partial charge >= 0.3 is 0 Å². The lowest BCUT2D eigenvalue weighted by Crippen LogP contribution is -2.02. The van der Waals surface area contributed by atoms with Gasteiger partial charge in [0.2, 0.25) is 0 Å². The highest BCUT2D eigenvalue weighted by Gasteiger charge is 2.15. The highest BCUT2D eigenvalue weighted by molar-refractivity contribution is 6.06. The second-order valence-corrected chi connectivity index (χ2v) is 5.81. The van der Waals surface area contributed by atoms with Crippen LogP contribution in [0.15, 0.2) is 48.5 Å². The normalized spacial score (nSPS) is 12.9. The van der Waals surface area contributed by atoms with Gasteiger partial charge in [-0.15, -0.1) is 0 Å². The molecular weight excluding hydrogens is 254 g/mol. The Labute approximate surface area is 127 Å². The SMILES string of the molecule is CCCC[C@@H](CC)c1nc2ccccc2c2ccccc12. The van der Waals surface area contributed by atoms with Gasteiger partial charge in [0.25, 0.3) is 0 Å². The van der Waals surface area contributed by atoms with E-state index >= 15 is 0 Å². The lowest BCUT2D eigenvalue weighted by molar-refractivity contribution is 0.563. The Kier molecular flexibility index (Phi) is 4.19. The van der Waals surface area contributed by atoms with Crippen molar-refractivity contribution in [2.75, 3.05) is 0 Å². The molecule has 0 radical (unpaired) electrons. The van der Waals surface area contributed by atoms with Crippen LogP contribution in [0.4, 0.5) is 0 Å². The van der Waals surface area contributed by atoms with E-state index in [1.54, 1.807) is 0 Å². The van der Waals surface area contributed by atoms with E-state index in [4.69, 9.17) is 4.98 Å². The topological polar surface area (TPSA) is 12.9 Å². The maximum Gasteiger partial charge on any atom is 0.0711 e. The van der Waals surface area contributed by atoms with E-state index in [-0.39, 0.29) is 0 Å². The lowest BCUT2D eigenvalue weighted by atomic mass is 9.91. The van der Waals surface area contributed by atoms with Crippen molar-refractivity contribution < 1.29 is 0 Å². The van der Waals surface area contributed by atoms with E-state index < -0.39 is 0 Å². The largest absolute Gasteiger partial charge is 0.252 e. The Balaban J connectivity index is 2.24. The number of hydrogen-bond donors (Lipinski definition) is 0. The summed E-state index contributed by atoms with van der Waals surface area (Å²) < 4.78 is 0. The molecule has 0 N–H and O–H groups in total. The van der Waals surface area contributed by atoms with Gasteiger partial charge in [-0.05, 0) is 24.3 Å². The van der Waals surface area contributed by atoms with Crippen molar-refractivity contribution in [2.45, 2.75) is 45.4 Å². The van der Waals surface area contributed by atoms with Crippen molar-refractivity contribution in [3.05, 3.63) is 54.2 Å². The minimum absolute atomic E-state index is 0.569. The molecule has 0 aliphatic heterocycles. The average molecular weight is 277 g/mol. The van der Waals surface area contributed by atoms with Crippen LogP contribution in [-0.4, -0.2) is 4.98 Å². The molecule has 0 bridgehead atoms. The van der Waals surface area contributed by atoms with Crippen LogP contribution in [0.3, 0.4) is 0 Å². The van der Waals surface area contributed by atoms with E-state index in [1.807, 2.05) is 0 Å². The van der Waals surface area contributed by atoms with E-state index in [2.05, 4.69) is 62.4 Å². The Hall–Kier alpha value is -1.89. The second-order valence-electron chi connectivity index (χ2n) is 5.81. The summed E-state index contributed by atoms with van der Waals surface area (Å²) in [6, 6.07) is 17.2. The molecule has 1 atom stereocenters. The van der Waals surface area contributed by atoms with Gasteiger partial charge in [-0.25, -0.2) is 0 Å². The summed E-state index contributed by atoms with van der Waals surface area (Å²) in [4.78, 5) is 5.03. The number of pyridine rings is 1. The van der Waals surface area contributed by atoms with Crippen LogP contribution in [0.5, 0.6) is 0 Å². The number of fused-ring (bicyclic) bond motifs is 3. The number of unbranched alkanes of at least 4 members (excludes halogenated alkanes) is 1. The third-order valence-corrected chi connectivity index (χ3v) is 4.42. The number of aromatic nitrogens is 1. The van der Waals surface area contributed by atoms with Gasteiger partial charge in [-0.3, -0.25) is 4.98 Å². The highest BCUT2D eigenvalue weighted by Crippen LogP contribution is 2.33. The van der Waals surface area contributed by atoms with Crippen LogP contribution in [0.2, 0.25) is 0 Å². The van der Waals surface area contributed by atoms with Gasteiger partial charge in [0, 0.05) is 16.7 Å². The van der Waals surface area contributed by atoms with Crippen LogP contribution >= 0.6 is 0 Å². The fraction of sp³-hybridized carbons (Fsp3) is 0.350. The molecule has 0 saturated heterocycles. The summed E-state index contributed by atoms with van der Waals surface area (Å²) in [6.07, 6.45) is 4.93. The molecule has 21 heavy (non-hydrogen) atoms. The molecule has 3 aromatic rings. The Morgan fingerprint density at radius 3 is 2.24 bits per heavy atom. The monoisotopic (exact) mass is 277 g/mol. The predicted molar refractivity (Wildman–Crippen MR) is 91.8 cm³/mol. The third kappa shape index (κ3) is 2.65. The molecule has 0 spiro atoms. The Morgan fingerprint density at radius 2 is 1.52 bits per heavy atom. The standard InChI is InChI=1S/C20H23N/c1-3-5-10-15(4-2)20-18-13-7-6-11-16(18)17-12-8-9-14-19(17)21-20/h6-9,11-15H,3-5,10H2,1-2H3/t15-/m1/s1. The van der Waals surface area contributed by atoms with Gasteiger partial charge in [-0.2, -0.15) is 0 Å². The van der Waals surface area contributed by atoms with Crippen LogP contribution < -0.4 is 0 Å². The quantitative estimate of drug-likeness (QED) is 0.516. The number of para-hydroxylation sites is 1. The van der Waals surface area contributed by atoms with Crippen molar-refractivity contribution in [1.29, 1.82) is 0 Å². The molecule has 0 fully saturated rings. The third-order valence-electron chi connectivity index (χ3n) is 4.42. The number of hydrogen-bond acceptors (Lipinski definition) is 1. The molecular formula is C20H23N. The number of benzene rings is 2.